The van der Waals surface area contributed by atoms with Gasteiger partial charge in [0.15, 0.2) is 0 Å². The van der Waals surface area contributed by atoms with Gasteiger partial charge in [-0.2, -0.15) is 13.2 Å². The molecule has 2 heterocycles. The van der Waals surface area contributed by atoms with Gasteiger partial charge in [-0.15, -0.1) is 0 Å². The summed E-state index contributed by atoms with van der Waals surface area (Å²) < 4.78 is 53.8. The van der Waals surface area contributed by atoms with Crippen LogP contribution in [-0.2, 0) is 6.18 Å². The highest BCUT2D eigenvalue weighted by Gasteiger charge is 2.35. The van der Waals surface area contributed by atoms with Crippen molar-refractivity contribution in [1.29, 1.82) is 0 Å². The number of hydrogen-bond donors (Lipinski definition) is 2. The highest BCUT2D eigenvalue weighted by atomic mass is 19.4. The van der Waals surface area contributed by atoms with Crippen LogP contribution < -0.4 is 11.1 Å². The van der Waals surface area contributed by atoms with Gasteiger partial charge in [-0.1, -0.05) is 19.1 Å². The molecule has 1 aromatic heterocycles. The van der Waals surface area contributed by atoms with E-state index in [1.165, 1.54) is 18.5 Å². The number of hydrogen-bond acceptors (Lipinski definition) is 5. The van der Waals surface area contributed by atoms with Crippen molar-refractivity contribution in [2.24, 2.45) is 11.7 Å². The summed E-state index contributed by atoms with van der Waals surface area (Å²) in [5.74, 6) is -1.14. The molecule has 3 aromatic rings. The average molecular weight is 447 g/mol. The minimum absolute atomic E-state index is 0.210. The first kappa shape index (κ1) is 21.9. The van der Waals surface area contributed by atoms with Crippen LogP contribution in [-0.4, -0.2) is 40.4 Å². The SMILES string of the molecule is CC1CN(CC(Nc2ncnc3c(C(N)=O)cccc23)c2ccc(F)c(C(F)(F)F)c2)C1. The van der Waals surface area contributed by atoms with Crippen LogP contribution in [0.2, 0.25) is 0 Å². The Balaban J connectivity index is 1.74. The fraction of sp³-hybridized carbons (Fsp3) is 0.318. The summed E-state index contributed by atoms with van der Waals surface area (Å²) >= 11 is 0. The van der Waals surface area contributed by atoms with Crippen molar-refractivity contribution < 1.29 is 22.4 Å². The number of nitrogens with two attached hydrogens (primary N) is 1. The molecule has 168 valence electrons. The minimum Gasteiger partial charge on any atom is -0.366 e. The smallest absolute Gasteiger partial charge is 0.366 e. The van der Waals surface area contributed by atoms with Gasteiger partial charge in [-0.3, -0.25) is 4.79 Å². The summed E-state index contributed by atoms with van der Waals surface area (Å²) in [6.07, 6.45) is -3.56. The van der Waals surface area contributed by atoms with Crippen molar-refractivity contribution in [2.75, 3.05) is 25.0 Å². The van der Waals surface area contributed by atoms with Gasteiger partial charge < -0.3 is 16.0 Å². The van der Waals surface area contributed by atoms with Crippen LogP contribution in [0.1, 0.15) is 34.5 Å². The lowest BCUT2D eigenvalue weighted by molar-refractivity contribution is -0.140. The molecule has 1 aliphatic heterocycles. The molecule has 1 unspecified atom stereocenters. The predicted octanol–water partition coefficient (Wildman–Crippen LogP) is 3.99. The Bertz CT molecular complexity index is 1160. The van der Waals surface area contributed by atoms with E-state index in [4.69, 9.17) is 5.73 Å². The van der Waals surface area contributed by atoms with Crippen molar-refractivity contribution in [2.45, 2.75) is 19.1 Å². The summed E-state index contributed by atoms with van der Waals surface area (Å²) in [5, 5.41) is 3.69. The van der Waals surface area contributed by atoms with Gasteiger partial charge in [0.2, 0.25) is 0 Å². The fourth-order valence-corrected chi connectivity index (χ4v) is 4.01. The number of benzene rings is 2. The first-order chi connectivity index (χ1) is 15.1. The van der Waals surface area contributed by atoms with Gasteiger partial charge in [0, 0.05) is 25.0 Å². The molecular formula is C22H21F4N5O. The molecule has 2 aromatic carbocycles. The number of alkyl halides is 3. The number of anilines is 1. The van der Waals surface area contributed by atoms with Gasteiger partial charge in [-0.25, -0.2) is 14.4 Å². The van der Waals surface area contributed by atoms with E-state index >= 15 is 0 Å². The van der Waals surface area contributed by atoms with Crippen molar-refractivity contribution in [1.82, 2.24) is 14.9 Å². The Morgan fingerprint density at radius 1 is 1.25 bits per heavy atom. The predicted molar refractivity (Wildman–Crippen MR) is 111 cm³/mol. The van der Waals surface area contributed by atoms with Crippen LogP contribution in [0.4, 0.5) is 23.4 Å². The van der Waals surface area contributed by atoms with Crippen LogP contribution in [0.15, 0.2) is 42.7 Å². The number of primary amides is 1. The number of para-hydroxylation sites is 1. The second kappa shape index (κ2) is 8.34. The van der Waals surface area contributed by atoms with Crippen LogP contribution in [0, 0.1) is 11.7 Å². The fourth-order valence-electron chi connectivity index (χ4n) is 4.01. The summed E-state index contributed by atoms with van der Waals surface area (Å²) in [4.78, 5) is 22.2. The van der Waals surface area contributed by atoms with Gasteiger partial charge in [0.1, 0.15) is 18.0 Å². The number of carbonyl (C=O) groups is 1. The third-order valence-electron chi connectivity index (χ3n) is 5.52. The highest BCUT2D eigenvalue weighted by molar-refractivity contribution is 6.06. The molecule has 32 heavy (non-hydrogen) atoms. The highest BCUT2D eigenvalue weighted by Crippen LogP contribution is 2.35. The monoisotopic (exact) mass is 447 g/mol. The Morgan fingerprint density at radius 2 is 2.00 bits per heavy atom. The van der Waals surface area contributed by atoms with Crippen molar-refractivity contribution >= 4 is 22.6 Å². The molecule has 0 radical (unpaired) electrons. The van der Waals surface area contributed by atoms with E-state index < -0.39 is 29.5 Å². The topological polar surface area (TPSA) is 84.1 Å². The molecule has 1 atom stereocenters. The maximum atomic E-state index is 13.9. The molecule has 1 aliphatic rings. The van der Waals surface area contributed by atoms with Crippen molar-refractivity contribution in [3.63, 3.8) is 0 Å². The Morgan fingerprint density at radius 3 is 2.66 bits per heavy atom. The molecule has 10 heteroatoms. The first-order valence-electron chi connectivity index (χ1n) is 10.0. The third kappa shape index (κ3) is 4.36. The molecule has 4 rings (SSSR count). The molecule has 6 nitrogen and oxygen atoms in total. The number of rotatable bonds is 6. The average Bonchev–Trinajstić information content (AvgIpc) is 2.71. The van der Waals surface area contributed by atoms with Gasteiger partial charge in [0.05, 0.1) is 22.7 Å². The van der Waals surface area contributed by atoms with Crippen LogP contribution >= 0.6 is 0 Å². The zero-order chi connectivity index (χ0) is 23.0. The lowest BCUT2D eigenvalue weighted by Crippen LogP contribution is -2.47. The summed E-state index contributed by atoms with van der Waals surface area (Å²) in [6.45, 7) is 4.10. The zero-order valence-corrected chi connectivity index (χ0v) is 17.2. The molecule has 1 amide bonds. The quantitative estimate of drug-likeness (QED) is 0.559. The second-order valence-corrected chi connectivity index (χ2v) is 8.05. The van der Waals surface area contributed by atoms with E-state index in [-0.39, 0.29) is 11.1 Å². The number of nitrogens with one attached hydrogen (secondary N) is 1. The summed E-state index contributed by atoms with van der Waals surface area (Å²) in [5.41, 5.74) is 4.93. The van der Waals surface area contributed by atoms with Gasteiger partial charge in [0.25, 0.3) is 5.91 Å². The molecule has 3 N–H and O–H groups in total. The molecule has 1 saturated heterocycles. The normalized spacial score (nSPS) is 16.0. The number of fused-ring (bicyclic) bond motifs is 1. The third-order valence-corrected chi connectivity index (χ3v) is 5.52. The van der Waals surface area contributed by atoms with E-state index in [0.717, 1.165) is 25.2 Å². The second-order valence-electron chi connectivity index (χ2n) is 8.05. The molecule has 0 aliphatic carbocycles. The van der Waals surface area contributed by atoms with E-state index in [1.807, 2.05) is 0 Å². The van der Waals surface area contributed by atoms with Crippen LogP contribution in [0.5, 0.6) is 0 Å². The zero-order valence-electron chi connectivity index (χ0n) is 17.2. The molecule has 0 bridgehead atoms. The standard InChI is InChI=1S/C22H21F4N5O/c1-12-8-31(9-12)10-18(13-5-6-17(23)16(7-13)22(24,25)26)30-21-15-4-2-3-14(20(27)32)19(15)28-11-29-21/h2-7,11-12,18H,8-10H2,1H3,(H2,27,32)(H,28,29,30). The molecule has 0 spiro atoms. The molecule has 0 saturated carbocycles. The number of aromatic nitrogens is 2. The summed E-state index contributed by atoms with van der Waals surface area (Å²) in [6, 6.07) is 7.24. The van der Waals surface area contributed by atoms with E-state index in [0.29, 0.717) is 29.2 Å². The lowest BCUT2D eigenvalue weighted by atomic mass is 9.98. The maximum absolute atomic E-state index is 13.9. The maximum Gasteiger partial charge on any atom is 0.419 e. The van der Waals surface area contributed by atoms with Crippen LogP contribution in [0.3, 0.4) is 0 Å². The molecular weight excluding hydrogens is 426 g/mol. The van der Waals surface area contributed by atoms with E-state index in [1.54, 1.807) is 12.1 Å². The van der Waals surface area contributed by atoms with Gasteiger partial charge in [-0.05, 0) is 35.7 Å². The largest absolute Gasteiger partial charge is 0.419 e. The van der Waals surface area contributed by atoms with E-state index in [2.05, 4.69) is 27.1 Å². The van der Waals surface area contributed by atoms with Crippen LogP contribution in [0.25, 0.3) is 10.9 Å². The van der Waals surface area contributed by atoms with Gasteiger partial charge >= 0.3 is 6.18 Å². The van der Waals surface area contributed by atoms with Crippen molar-refractivity contribution in [3.8, 4) is 0 Å². The minimum atomic E-state index is -4.81. The Hall–Kier alpha value is -3.27. The Labute approximate surface area is 181 Å². The number of amides is 1. The number of nitrogens with zero attached hydrogens (tertiary/aromatic N) is 3. The number of halogens is 4. The number of likely N-dealkylation sites (tertiary alicyclic amines) is 1. The summed E-state index contributed by atoms with van der Waals surface area (Å²) in [7, 11) is 0. The number of carbonyl (C=O) groups excluding carboxylic acids is 1. The van der Waals surface area contributed by atoms with E-state index in [9.17, 15) is 22.4 Å². The first-order valence-corrected chi connectivity index (χ1v) is 10.0. The van der Waals surface area contributed by atoms with Crippen molar-refractivity contribution in [3.05, 3.63) is 65.2 Å². The molecule has 1 fully saturated rings. The lowest BCUT2D eigenvalue weighted by Gasteiger charge is -2.39. The Kier molecular flexibility index (Phi) is 5.72.